The van der Waals surface area contributed by atoms with E-state index in [4.69, 9.17) is 0 Å². The van der Waals surface area contributed by atoms with Gasteiger partial charge in [-0.25, -0.2) is 0 Å². The van der Waals surface area contributed by atoms with Gasteiger partial charge in [0.2, 0.25) is 6.41 Å². The van der Waals surface area contributed by atoms with E-state index in [2.05, 4.69) is 17.6 Å². The van der Waals surface area contributed by atoms with Crippen LogP contribution >= 0.6 is 0 Å². The lowest BCUT2D eigenvalue weighted by atomic mass is 9.93. The average Bonchev–Trinajstić information content (AvgIpc) is 2.17. The number of rotatable bonds is 5. The van der Waals surface area contributed by atoms with E-state index in [0.29, 0.717) is 6.04 Å². The smallest absolute Gasteiger partial charge is 0.207 e. The van der Waals surface area contributed by atoms with Crippen LogP contribution in [0.3, 0.4) is 0 Å². The Kier molecular flexibility index (Phi) is 4.83. The number of carbonyl (C=O) groups is 1. The SMILES string of the molecule is CC(CCC1CCCNC1)NC=O. The highest BCUT2D eigenvalue weighted by Gasteiger charge is 2.13. The summed E-state index contributed by atoms with van der Waals surface area (Å²) >= 11 is 0. The van der Waals surface area contributed by atoms with Crippen LogP contribution in [0, 0.1) is 5.92 Å². The summed E-state index contributed by atoms with van der Waals surface area (Å²) in [6.45, 7) is 4.40. The molecule has 1 heterocycles. The number of carbonyl (C=O) groups excluding carboxylic acids is 1. The van der Waals surface area contributed by atoms with Gasteiger partial charge in [0.25, 0.3) is 0 Å². The molecule has 1 saturated heterocycles. The van der Waals surface area contributed by atoms with Crippen LogP contribution in [0.4, 0.5) is 0 Å². The zero-order valence-corrected chi connectivity index (χ0v) is 8.38. The Balaban J connectivity index is 2.06. The molecular weight excluding hydrogens is 164 g/mol. The van der Waals surface area contributed by atoms with Crippen molar-refractivity contribution in [3.8, 4) is 0 Å². The molecule has 1 aliphatic heterocycles. The molecule has 0 aromatic carbocycles. The summed E-state index contributed by atoms with van der Waals surface area (Å²) in [5.74, 6) is 0.824. The van der Waals surface area contributed by atoms with Crippen LogP contribution in [0.1, 0.15) is 32.6 Å². The highest BCUT2D eigenvalue weighted by molar-refractivity contribution is 5.46. The van der Waals surface area contributed by atoms with Gasteiger partial charge in [0.15, 0.2) is 0 Å². The predicted molar refractivity (Wildman–Crippen MR) is 53.5 cm³/mol. The number of amides is 1. The van der Waals surface area contributed by atoms with Gasteiger partial charge < -0.3 is 10.6 Å². The Morgan fingerprint density at radius 2 is 2.54 bits per heavy atom. The first-order chi connectivity index (χ1) is 6.33. The Morgan fingerprint density at radius 1 is 1.69 bits per heavy atom. The summed E-state index contributed by atoms with van der Waals surface area (Å²) in [6, 6.07) is 0.333. The van der Waals surface area contributed by atoms with E-state index in [1.165, 1.54) is 25.8 Å². The van der Waals surface area contributed by atoms with Gasteiger partial charge in [-0.2, -0.15) is 0 Å². The van der Waals surface area contributed by atoms with Crippen molar-refractivity contribution in [1.82, 2.24) is 10.6 Å². The fourth-order valence-corrected chi connectivity index (χ4v) is 1.86. The molecule has 0 bridgehead atoms. The molecule has 2 atom stereocenters. The molecule has 1 fully saturated rings. The van der Waals surface area contributed by atoms with Crippen LogP contribution in [0.2, 0.25) is 0 Å². The average molecular weight is 184 g/mol. The summed E-state index contributed by atoms with van der Waals surface area (Å²) < 4.78 is 0. The van der Waals surface area contributed by atoms with Crippen molar-refractivity contribution in [2.45, 2.75) is 38.6 Å². The Hall–Kier alpha value is -0.570. The third-order valence-electron chi connectivity index (χ3n) is 2.76. The summed E-state index contributed by atoms with van der Waals surface area (Å²) in [5.41, 5.74) is 0. The third-order valence-corrected chi connectivity index (χ3v) is 2.76. The molecule has 0 aromatic heterocycles. The normalized spacial score (nSPS) is 25.2. The lowest BCUT2D eigenvalue weighted by Crippen LogP contribution is -2.31. The monoisotopic (exact) mass is 184 g/mol. The van der Waals surface area contributed by atoms with Crippen molar-refractivity contribution in [2.75, 3.05) is 13.1 Å². The molecule has 0 aliphatic carbocycles. The van der Waals surface area contributed by atoms with Crippen LogP contribution in [-0.4, -0.2) is 25.5 Å². The first-order valence-corrected chi connectivity index (χ1v) is 5.23. The number of piperidine rings is 1. The number of nitrogens with one attached hydrogen (secondary N) is 2. The molecule has 0 saturated carbocycles. The molecule has 76 valence electrons. The second-order valence-electron chi connectivity index (χ2n) is 3.98. The van der Waals surface area contributed by atoms with Crippen molar-refractivity contribution in [2.24, 2.45) is 5.92 Å². The second-order valence-corrected chi connectivity index (χ2v) is 3.98. The topological polar surface area (TPSA) is 41.1 Å². The van der Waals surface area contributed by atoms with E-state index < -0.39 is 0 Å². The van der Waals surface area contributed by atoms with Crippen molar-refractivity contribution in [1.29, 1.82) is 0 Å². The van der Waals surface area contributed by atoms with E-state index in [1.807, 2.05) is 0 Å². The van der Waals surface area contributed by atoms with Crippen molar-refractivity contribution >= 4 is 6.41 Å². The van der Waals surface area contributed by atoms with Gasteiger partial charge in [-0.3, -0.25) is 4.79 Å². The lowest BCUT2D eigenvalue weighted by Gasteiger charge is -2.23. The number of hydrogen-bond donors (Lipinski definition) is 2. The van der Waals surface area contributed by atoms with Gasteiger partial charge in [-0.1, -0.05) is 0 Å². The standard InChI is InChI=1S/C10H20N2O/c1-9(12-8-13)4-5-10-3-2-6-11-7-10/h8-11H,2-7H2,1H3,(H,12,13). The van der Waals surface area contributed by atoms with E-state index in [-0.39, 0.29) is 0 Å². The van der Waals surface area contributed by atoms with Crippen LogP contribution in [0.15, 0.2) is 0 Å². The van der Waals surface area contributed by atoms with Gasteiger partial charge in [0.1, 0.15) is 0 Å². The van der Waals surface area contributed by atoms with Crippen LogP contribution in [0.5, 0.6) is 0 Å². The molecule has 2 unspecified atom stereocenters. The predicted octanol–water partition coefficient (Wildman–Crippen LogP) is 0.901. The highest BCUT2D eigenvalue weighted by Crippen LogP contribution is 2.16. The summed E-state index contributed by atoms with van der Waals surface area (Å²) in [7, 11) is 0. The van der Waals surface area contributed by atoms with Gasteiger partial charge >= 0.3 is 0 Å². The number of hydrogen-bond acceptors (Lipinski definition) is 2. The zero-order chi connectivity index (χ0) is 9.52. The van der Waals surface area contributed by atoms with Gasteiger partial charge in [0, 0.05) is 6.04 Å². The molecule has 13 heavy (non-hydrogen) atoms. The Bertz CT molecular complexity index is 144. The molecule has 0 aromatic rings. The molecule has 1 aliphatic rings. The first-order valence-electron chi connectivity index (χ1n) is 5.23. The molecule has 0 spiro atoms. The fraction of sp³-hybridized carbons (Fsp3) is 0.900. The van der Waals surface area contributed by atoms with Gasteiger partial charge in [-0.15, -0.1) is 0 Å². The van der Waals surface area contributed by atoms with Crippen molar-refractivity contribution < 1.29 is 4.79 Å². The Morgan fingerprint density at radius 3 is 3.15 bits per heavy atom. The van der Waals surface area contributed by atoms with E-state index >= 15 is 0 Å². The molecule has 0 radical (unpaired) electrons. The molecule has 3 heteroatoms. The third kappa shape index (κ3) is 4.27. The summed E-state index contributed by atoms with van der Waals surface area (Å²) in [6.07, 6.45) is 5.78. The van der Waals surface area contributed by atoms with E-state index in [1.54, 1.807) is 0 Å². The minimum atomic E-state index is 0.333. The minimum absolute atomic E-state index is 0.333. The maximum atomic E-state index is 10.1. The lowest BCUT2D eigenvalue weighted by molar-refractivity contribution is -0.110. The molecular formula is C10H20N2O. The van der Waals surface area contributed by atoms with Gasteiger partial charge in [-0.05, 0) is 51.6 Å². The fourth-order valence-electron chi connectivity index (χ4n) is 1.86. The van der Waals surface area contributed by atoms with Crippen LogP contribution < -0.4 is 10.6 Å². The summed E-state index contributed by atoms with van der Waals surface area (Å²) in [4.78, 5) is 10.1. The zero-order valence-electron chi connectivity index (χ0n) is 8.38. The van der Waals surface area contributed by atoms with Crippen molar-refractivity contribution in [3.63, 3.8) is 0 Å². The summed E-state index contributed by atoms with van der Waals surface area (Å²) in [5, 5.41) is 6.18. The van der Waals surface area contributed by atoms with E-state index in [0.717, 1.165) is 25.3 Å². The molecule has 2 N–H and O–H groups in total. The van der Waals surface area contributed by atoms with E-state index in [9.17, 15) is 4.79 Å². The quantitative estimate of drug-likeness (QED) is 0.623. The van der Waals surface area contributed by atoms with Crippen molar-refractivity contribution in [3.05, 3.63) is 0 Å². The Labute approximate surface area is 80.3 Å². The highest BCUT2D eigenvalue weighted by atomic mass is 16.1. The maximum Gasteiger partial charge on any atom is 0.207 e. The molecule has 1 rings (SSSR count). The second kappa shape index (κ2) is 5.97. The maximum absolute atomic E-state index is 10.1. The largest absolute Gasteiger partial charge is 0.356 e. The van der Waals surface area contributed by atoms with Crippen LogP contribution in [-0.2, 0) is 4.79 Å². The molecule has 1 amide bonds. The minimum Gasteiger partial charge on any atom is -0.356 e. The van der Waals surface area contributed by atoms with Crippen LogP contribution in [0.25, 0.3) is 0 Å². The first kappa shape index (κ1) is 10.5. The van der Waals surface area contributed by atoms with Gasteiger partial charge in [0.05, 0.1) is 0 Å². The molecule has 3 nitrogen and oxygen atoms in total.